The highest BCUT2D eigenvalue weighted by Gasteiger charge is 2.24. The maximum atomic E-state index is 5.57. The highest BCUT2D eigenvalue weighted by Crippen LogP contribution is 2.27. The molecule has 1 unspecified atom stereocenters. The normalized spacial score (nSPS) is 16.2. The van der Waals surface area contributed by atoms with E-state index < -0.39 is 0 Å². The molecule has 2 aromatic rings. The SMILES string of the molecule is CCNC(=NCc1nccn1CC(C)C)NCC(c1ccc(C)s1)N1CCOCC1.I. The van der Waals surface area contributed by atoms with E-state index in [1.54, 1.807) is 0 Å². The van der Waals surface area contributed by atoms with Crippen molar-refractivity contribution < 1.29 is 4.74 Å². The van der Waals surface area contributed by atoms with Crippen molar-refractivity contribution in [3.8, 4) is 0 Å². The summed E-state index contributed by atoms with van der Waals surface area (Å²) in [5.41, 5.74) is 0. The fourth-order valence-electron chi connectivity index (χ4n) is 3.67. The Morgan fingerprint density at radius 2 is 2.03 bits per heavy atom. The fourth-order valence-corrected chi connectivity index (χ4v) is 4.68. The van der Waals surface area contributed by atoms with Crippen molar-refractivity contribution in [2.75, 3.05) is 39.4 Å². The van der Waals surface area contributed by atoms with E-state index in [2.05, 4.69) is 64.9 Å². The molecule has 174 valence electrons. The average Bonchev–Trinajstić information content (AvgIpc) is 3.35. The zero-order valence-electron chi connectivity index (χ0n) is 19.1. The van der Waals surface area contributed by atoms with Crippen LogP contribution in [-0.2, 0) is 17.8 Å². The number of thiophene rings is 1. The highest BCUT2D eigenvalue weighted by atomic mass is 127. The predicted molar refractivity (Wildman–Crippen MR) is 139 cm³/mol. The lowest BCUT2D eigenvalue weighted by Gasteiger charge is -2.34. The van der Waals surface area contributed by atoms with Crippen LogP contribution < -0.4 is 10.6 Å². The van der Waals surface area contributed by atoms with Crippen LogP contribution in [0.2, 0.25) is 0 Å². The molecule has 0 spiro atoms. The molecule has 0 radical (unpaired) electrons. The molecule has 0 amide bonds. The molecular formula is C22H37IN6OS. The lowest BCUT2D eigenvalue weighted by molar-refractivity contribution is 0.0177. The van der Waals surface area contributed by atoms with Gasteiger partial charge in [0.25, 0.3) is 0 Å². The number of imidazole rings is 1. The number of hydrogen-bond acceptors (Lipinski definition) is 5. The van der Waals surface area contributed by atoms with Crippen LogP contribution in [0.5, 0.6) is 0 Å². The number of aromatic nitrogens is 2. The fraction of sp³-hybridized carbons (Fsp3) is 0.636. The van der Waals surface area contributed by atoms with E-state index in [1.807, 2.05) is 23.7 Å². The Morgan fingerprint density at radius 3 is 2.68 bits per heavy atom. The van der Waals surface area contributed by atoms with Crippen molar-refractivity contribution in [2.24, 2.45) is 10.9 Å². The third-order valence-corrected chi connectivity index (χ3v) is 6.23. The topological polar surface area (TPSA) is 66.7 Å². The Bertz CT molecular complexity index is 800. The minimum atomic E-state index is 0. The van der Waals surface area contributed by atoms with Crippen LogP contribution in [0.25, 0.3) is 0 Å². The van der Waals surface area contributed by atoms with E-state index in [9.17, 15) is 0 Å². The second kappa shape index (κ2) is 13.4. The molecule has 3 heterocycles. The third kappa shape index (κ3) is 8.03. The molecule has 0 bridgehead atoms. The van der Waals surface area contributed by atoms with Crippen LogP contribution in [0, 0.1) is 12.8 Å². The first-order chi connectivity index (χ1) is 14.6. The van der Waals surface area contributed by atoms with Crippen LogP contribution in [0.4, 0.5) is 0 Å². The number of aryl methyl sites for hydroxylation is 1. The Labute approximate surface area is 207 Å². The molecule has 7 nitrogen and oxygen atoms in total. The first kappa shape index (κ1) is 26.1. The summed E-state index contributed by atoms with van der Waals surface area (Å²) in [5, 5.41) is 6.96. The summed E-state index contributed by atoms with van der Waals surface area (Å²) in [5.74, 6) is 2.42. The number of morpholine rings is 1. The van der Waals surface area contributed by atoms with Crippen molar-refractivity contribution in [3.63, 3.8) is 0 Å². The van der Waals surface area contributed by atoms with Crippen molar-refractivity contribution in [1.82, 2.24) is 25.1 Å². The molecule has 1 saturated heterocycles. The number of hydrogen-bond donors (Lipinski definition) is 2. The van der Waals surface area contributed by atoms with Crippen LogP contribution in [0.3, 0.4) is 0 Å². The van der Waals surface area contributed by atoms with Crippen LogP contribution in [0.1, 0.15) is 42.4 Å². The largest absolute Gasteiger partial charge is 0.379 e. The van der Waals surface area contributed by atoms with Gasteiger partial charge >= 0.3 is 0 Å². The zero-order chi connectivity index (χ0) is 21.3. The van der Waals surface area contributed by atoms with Gasteiger partial charge in [-0.15, -0.1) is 35.3 Å². The quantitative estimate of drug-likeness (QED) is 0.279. The van der Waals surface area contributed by atoms with Gasteiger partial charge in [-0.25, -0.2) is 9.98 Å². The standard InChI is InChI=1S/C22H36N6OS.HI/c1-5-23-22(26-15-21-24-8-9-28(21)16-17(2)3)25-14-19(20-7-6-18(4)30-20)27-10-12-29-13-11-27;/h6-9,17,19H,5,10-16H2,1-4H3,(H2,23,25,26);1H. The summed E-state index contributed by atoms with van der Waals surface area (Å²) in [7, 11) is 0. The van der Waals surface area contributed by atoms with Gasteiger partial charge in [0.15, 0.2) is 5.96 Å². The first-order valence-corrected chi connectivity index (χ1v) is 11.8. The molecule has 2 aromatic heterocycles. The minimum Gasteiger partial charge on any atom is -0.379 e. The summed E-state index contributed by atoms with van der Waals surface area (Å²) in [6.07, 6.45) is 3.90. The van der Waals surface area contributed by atoms with E-state index in [0.29, 0.717) is 18.5 Å². The van der Waals surface area contributed by atoms with Crippen molar-refractivity contribution >= 4 is 41.3 Å². The monoisotopic (exact) mass is 560 g/mol. The Kier molecular flexibility index (Phi) is 11.3. The lowest BCUT2D eigenvalue weighted by atomic mass is 10.2. The van der Waals surface area contributed by atoms with Crippen LogP contribution in [-0.4, -0.2) is 59.8 Å². The summed E-state index contributed by atoms with van der Waals surface area (Å²) < 4.78 is 7.77. The van der Waals surface area contributed by atoms with Crippen molar-refractivity contribution in [1.29, 1.82) is 0 Å². The molecule has 9 heteroatoms. The summed E-state index contributed by atoms with van der Waals surface area (Å²) in [4.78, 5) is 14.6. The van der Waals surface area contributed by atoms with Gasteiger partial charge in [-0.05, 0) is 31.9 Å². The maximum Gasteiger partial charge on any atom is 0.191 e. The zero-order valence-corrected chi connectivity index (χ0v) is 22.3. The second-order valence-corrected chi connectivity index (χ2v) is 9.40. The maximum absolute atomic E-state index is 5.57. The second-order valence-electron chi connectivity index (χ2n) is 8.08. The Hall–Kier alpha value is -1.17. The number of halogens is 1. The number of guanidine groups is 1. The smallest absolute Gasteiger partial charge is 0.191 e. The van der Waals surface area contributed by atoms with Gasteiger partial charge in [-0.2, -0.15) is 0 Å². The number of nitrogens with one attached hydrogen (secondary N) is 2. The highest BCUT2D eigenvalue weighted by molar-refractivity contribution is 14.0. The van der Waals surface area contributed by atoms with Gasteiger partial charge in [0.1, 0.15) is 12.4 Å². The molecule has 1 aliphatic heterocycles. The number of rotatable bonds is 9. The minimum absolute atomic E-state index is 0. The molecule has 0 aromatic carbocycles. The molecule has 0 aliphatic carbocycles. The number of nitrogens with zero attached hydrogens (tertiary/aromatic N) is 4. The number of aliphatic imine (C=N–C) groups is 1. The van der Waals surface area contributed by atoms with Gasteiger partial charge in [0.05, 0.1) is 19.3 Å². The van der Waals surface area contributed by atoms with Gasteiger partial charge in [0, 0.05) is 54.9 Å². The van der Waals surface area contributed by atoms with Gasteiger partial charge in [-0.3, -0.25) is 4.90 Å². The van der Waals surface area contributed by atoms with E-state index in [-0.39, 0.29) is 24.0 Å². The summed E-state index contributed by atoms with van der Waals surface area (Å²) in [6.45, 7) is 15.4. The summed E-state index contributed by atoms with van der Waals surface area (Å²) in [6, 6.07) is 4.79. The van der Waals surface area contributed by atoms with Crippen LogP contribution in [0.15, 0.2) is 29.5 Å². The lowest BCUT2D eigenvalue weighted by Crippen LogP contribution is -2.46. The average molecular weight is 561 g/mol. The van der Waals surface area contributed by atoms with E-state index in [1.165, 1.54) is 9.75 Å². The molecule has 1 fully saturated rings. The van der Waals surface area contributed by atoms with E-state index >= 15 is 0 Å². The summed E-state index contributed by atoms with van der Waals surface area (Å²) >= 11 is 1.88. The number of ether oxygens (including phenoxy) is 1. The Balaban J connectivity index is 0.00000341. The van der Waals surface area contributed by atoms with E-state index in [0.717, 1.165) is 57.7 Å². The van der Waals surface area contributed by atoms with Crippen molar-refractivity contribution in [3.05, 3.63) is 40.1 Å². The molecule has 31 heavy (non-hydrogen) atoms. The van der Waals surface area contributed by atoms with Gasteiger partial charge in [0.2, 0.25) is 0 Å². The molecular weight excluding hydrogens is 523 g/mol. The first-order valence-electron chi connectivity index (χ1n) is 11.0. The molecule has 1 atom stereocenters. The molecule has 2 N–H and O–H groups in total. The Morgan fingerprint density at radius 1 is 1.26 bits per heavy atom. The van der Waals surface area contributed by atoms with E-state index in [4.69, 9.17) is 9.73 Å². The molecule has 1 aliphatic rings. The molecule has 3 rings (SSSR count). The predicted octanol–water partition coefficient (Wildman–Crippen LogP) is 3.66. The third-order valence-electron chi connectivity index (χ3n) is 5.13. The van der Waals surface area contributed by atoms with Gasteiger partial charge in [-0.1, -0.05) is 13.8 Å². The van der Waals surface area contributed by atoms with Crippen LogP contribution >= 0.6 is 35.3 Å². The van der Waals surface area contributed by atoms with Crippen molar-refractivity contribution in [2.45, 2.75) is 46.8 Å². The van der Waals surface area contributed by atoms with Gasteiger partial charge < -0.3 is 19.9 Å². The molecule has 0 saturated carbocycles.